The third-order valence-electron chi connectivity index (χ3n) is 3.94. The van der Waals surface area contributed by atoms with Crippen LogP contribution in [0.1, 0.15) is 17.7 Å². The van der Waals surface area contributed by atoms with Gasteiger partial charge in [-0.05, 0) is 18.1 Å². The van der Waals surface area contributed by atoms with E-state index in [1.807, 2.05) is 36.4 Å². The van der Waals surface area contributed by atoms with Crippen LogP contribution in [0.15, 0.2) is 42.6 Å². The van der Waals surface area contributed by atoms with Crippen molar-refractivity contribution in [1.82, 2.24) is 15.3 Å². The second-order valence-corrected chi connectivity index (χ2v) is 5.71. The molecule has 1 fully saturated rings. The highest BCUT2D eigenvalue weighted by Crippen LogP contribution is 2.10. The summed E-state index contributed by atoms with van der Waals surface area (Å²) in [5.41, 5.74) is 1.99. The van der Waals surface area contributed by atoms with E-state index in [0.717, 1.165) is 25.2 Å². The van der Waals surface area contributed by atoms with Gasteiger partial charge in [0.1, 0.15) is 0 Å². The van der Waals surface area contributed by atoms with Crippen LogP contribution in [0.3, 0.4) is 0 Å². The molecule has 24 heavy (non-hydrogen) atoms. The summed E-state index contributed by atoms with van der Waals surface area (Å²) in [5, 5.41) is 2.93. The second-order valence-electron chi connectivity index (χ2n) is 5.71. The first-order chi connectivity index (χ1) is 11.8. The minimum Gasteiger partial charge on any atom is -0.378 e. The lowest BCUT2D eigenvalue weighted by Gasteiger charge is -2.26. The molecule has 6 nitrogen and oxygen atoms in total. The predicted molar refractivity (Wildman–Crippen MR) is 91.7 cm³/mol. The van der Waals surface area contributed by atoms with Crippen molar-refractivity contribution in [2.24, 2.45) is 0 Å². The molecule has 0 saturated carbocycles. The maximum absolute atomic E-state index is 12.0. The van der Waals surface area contributed by atoms with E-state index in [0.29, 0.717) is 32.1 Å². The number of benzene rings is 1. The fraction of sp³-hybridized carbons (Fsp3) is 0.389. The van der Waals surface area contributed by atoms with E-state index in [2.05, 4.69) is 20.2 Å². The molecule has 2 aromatic rings. The van der Waals surface area contributed by atoms with Crippen LogP contribution in [0.25, 0.3) is 0 Å². The van der Waals surface area contributed by atoms with Crippen molar-refractivity contribution in [3.8, 4) is 0 Å². The summed E-state index contributed by atoms with van der Waals surface area (Å²) < 4.78 is 5.34. The van der Waals surface area contributed by atoms with Gasteiger partial charge in [0.15, 0.2) is 0 Å². The predicted octanol–water partition coefficient (Wildman–Crippen LogP) is 1.56. The van der Waals surface area contributed by atoms with Crippen LogP contribution in [-0.2, 0) is 22.5 Å². The van der Waals surface area contributed by atoms with Crippen molar-refractivity contribution in [3.63, 3.8) is 0 Å². The van der Waals surface area contributed by atoms with Crippen LogP contribution in [-0.4, -0.2) is 42.2 Å². The third kappa shape index (κ3) is 4.76. The summed E-state index contributed by atoms with van der Waals surface area (Å²) in [6.45, 7) is 3.42. The zero-order valence-electron chi connectivity index (χ0n) is 13.6. The minimum atomic E-state index is 0.0328. The van der Waals surface area contributed by atoms with Gasteiger partial charge in [-0.25, -0.2) is 9.97 Å². The molecule has 0 aliphatic carbocycles. The lowest BCUT2D eigenvalue weighted by Crippen LogP contribution is -2.37. The number of anilines is 1. The Bertz CT molecular complexity index is 657. The fourth-order valence-corrected chi connectivity index (χ4v) is 2.58. The summed E-state index contributed by atoms with van der Waals surface area (Å²) in [4.78, 5) is 22.9. The standard InChI is InChI=1S/C18H22N4O2/c23-17(7-6-15-4-2-1-3-5-15)20-14-16-8-9-19-18(21-16)22-10-12-24-13-11-22/h1-5,8-9H,6-7,10-14H2,(H,20,23). The van der Waals surface area contributed by atoms with Gasteiger partial charge in [-0.15, -0.1) is 0 Å². The van der Waals surface area contributed by atoms with Crippen molar-refractivity contribution >= 4 is 11.9 Å². The number of aryl methyl sites for hydroxylation is 1. The number of nitrogens with one attached hydrogen (secondary N) is 1. The molecule has 2 heterocycles. The van der Waals surface area contributed by atoms with E-state index in [1.54, 1.807) is 6.20 Å². The molecule has 0 bridgehead atoms. The molecule has 0 spiro atoms. The van der Waals surface area contributed by atoms with Gasteiger partial charge in [0, 0.05) is 25.7 Å². The van der Waals surface area contributed by atoms with Gasteiger partial charge in [0.2, 0.25) is 11.9 Å². The van der Waals surface area contributed by atoms with Crippen molar-refractivity contribution in [2.75, 3.05) is 31.2 Å². The van der Waals surface area contributed by atoms with Gasteiger partial charge in [-0.2, -0.15) is 0 Å². The number of carbonyl (C=O) groups is 1. The van der Waals surface area contributed by atoms with Gasteiger partial charge < -0.3 is 15.0 Å². The van der Waals surface area contributed by atoms with Crippen LogP contribution >= 0.6 is 0 Å². The molecular weight excluding hydrogens is 304 g/mol. The molecule has 1 saturated heterocycles. The highest BCUT2D eigenvalue weighted by atomic mass is 16.5. The van der Waals surface area contributed by atoms with Gasteiger partial charge >= 0.3 is 0 Å². The first-order valence-electron chi connectivity index (χ1n) is 8.26. The van der Waals surface area contributed by atoms with Gasteiger partial charge in [0.05, 0.1) is 25.5 Å². The largest absolute Gasteiger partial charge is 0.378 e. The number of aromatic nitrogens is 2. The molecule has 1 aromatic heterocycles. The third-order valence-corrected chi connectivity index (χ3v) is 3.94. The van der Waals surface area contributed by atoms with E-state index in [9.17, 15) is 4.79 Å². The summed E-state index contributed by atoms with van der Waals surface area (Å²) in [5.74, 6) is 0.736. The van der Waals surface area contributed by atoms with Crippen molar-refractivity contribution < 1.29 is 9.53 Å². The first kappa shape index (κ1) is 16.4. The molecule has 1 amide bonds. The molecule has 0 atom stereocenters. The zero-order valence-corrected chi connectivity index (χ0v) is 13.6. The quantitative estimate of drug-likeness (QED) is 0.872. The van der Waals surface area contributed by atoms with Gasteiger partial charge in [-0.1, -0.05) is 30.3 Å². The fourth-order valence-electron chi connectivity index (χ4n) is 2.58. The van der Waals surface area contributed by atoms with Crippen molar-refractivity contribution in [2.45, 2.75) is 19.4 Å². The number of hydrogen-bond acceptors (Lipinski definition) is 5. The highest BCUT2D eigenvalue weighted by Gasteiger charge is 2.14. The Hall–Kier alpha value is -2.47. The Morgan fingerprint density at radius 3 is 2.75 bits per heavy atom. The number of hydrogen-bond donors (Lipinski definition) is 1. The molecule has 1 N–H and O–H groups in total. The van der Waals surface area contributed by atoms with Crippen LogP contribution in [0.2, 0.25) is 0 Å². The van der Waals surface area contributed by atoms with E-state index in [4.69, 9.17) is 4.74 Å². The van der Waals surface area contributed by atoms with Crippen LogP contribution in [0.5, 0.6) is 0 Å². The van der Waals surface area contributed by atoms with Gasteiger partial charge in [0.25, 0.3) is 0 Å². The highest BCUT2D eigenvalue weighted by molar-refractivity contribution is 5.76. The topological polar surface area (TPSA) is 67.4 Å². The summed E-state index contributed by atoms with van der Waals surface area (Å²) >= 11 is 0. The Kier molecular flexibility index (Phi) is 5.74. The van der Waals surface area contributed by atoms with Gasteiger partial charge in [-0.3, -0.25) is 4.79 Å². The average molecular weight is 326 g/mol. The van der Waals surface area contributed by atoms with E-state index in [1.165, 1.54) is 5.56 Å². The number of amides is 1. The smallest absolute Gasteiger partial charge is 0.225 e. The Labute approximate surface area is 141 Å². The summed E-state index contributed by atoms with van der Waals surface area (Å²) in [6, 6.07) is 11.9. The Balaban J connectivity index is 1.48. The summed E-state index contributed by atoms with van der Waals surface area (Å²) in [6.07, 6.45) is 2.96. The first-order valence-corrected chi connectivity index (χ1v) is 8.26. The molecule has 1 aliphatic heterocycles. The number of morpholine rings is 1. The molecule has 0 unspecified atom stereocenters. The molecule has 1 aromatic carbocycles. The Morgan fingerprint density at radius 2 is 1.96 bits per heavy atom. The maximum atomic E-state index is 12.0. The summed E-state index contributed by atoms with van der Waals surface area (Å²) in [7, 11) is 0. The molecule has 6 heteroatoms. The van der Waals surface area contributed by atoms with Crippen LogP contribution < -0.4 is 10.2 Å². The molecule has 1 aliphatic rings. The van der Waals surface area contributed by atoms with Crippen LogP contribution in [0.4, 0.5) is 5.95 Å². The lowest BCUT2D eigenvalue weighted by atomic mass is 10.1. The van der Waals surface area contributed by atoms with E-state index in [-0.39, 0.29) is 5.91 Å². The molecular formula is C18H22N4O2. The normalized spacial score (nSPS) is 14.4. The minimum absolute atomic E-state index is 0.0328. The monoisotopic (exact) mass is 326 g/mol. The Morgan fingerprint density at radius 1 is 1.17 bits per heavy atom. The van der Waals surface area contributed by atoms with Crippen molar-refractivity contribution in [1.29, 1.82) is 0 Å². The molecule has 3 rings (SSSR count). The molecule has 0 radical (unpaired) electrons. The number of nitrogens with zero attached hydrogens (tertiary/aromatic N) is 3. The lowest BCUT2D eigenvalue weighted by molar-refractivity contribution is -0.121. The molecule has 126 valence electrons. The van der Waals surface area contributed by atoms with Crippen molar-refractivity contribution in [3.05, 3.63) is 53.9 Å². The van der Waals surface area contributed by atoms with E-state index >= 15 is 0 Å². The maximum Gasteiger partial charge on any atom is 0.225 e. The van der Waals surface area contributed by atoms with E-state index < -0.39 is 0 Å². The number of rotatable bonds is 6. The zero-order chi connectivity index (χ0) is 16.6. The second kappa shape index (κ2) is 8.40. The number of ether oxygens (including phenoxy) is 1. The average Bonchev–Trinajstić information content (AvgIpc) is 2.66. The van der Waals surface area contributed by atoms with Crippen LogP contribution in [0, 0.1) is 0 Å². The number of carbonyl (C=O) groups excluding carboxylic acids is 1. The SMILES string of the molecule is O=C(CCc1ccccc1)NCc1ccnc(N2CCOCC2)n1.